The van der Waals surface area contributed by atoms with Crippen LogP contribution in [0.4, 0.5) is 4.39 Å². The lowest BCUT2D eigenvalue weighted by Crippen LogP contribution is -2.34. The number of ether oxygens (including phenoxy) is 1. The summed E-state index contributed by atoms with van der Waals surface area (Å²) in [4.78, 5) is 0. The maximum Gasteiger partial charge on any atom is 0.123 e. The molecule has 0 aromatic heterocycles. The predicted molar refractivity (Wildman–Crippen MR) is 86.0 cm³/mol. The van der Waals surface area contributed by atoms with Crippen LogP contribution in [0, 0.1) is 11.7 Å². The minimum atomic E-state index is -0.180. The fourth-order valence-electron chi connectivity index (χ4n) is 3.21. The first kappa shape index (κ1) is 16.5. The minimum Gasteiger partial charge on any atom is -0.378 e. The van der Waals surface area contributed by atoms with Crippen LogP contribution in [-0.4, -0.2) is 12.7 Å². The van der Waals surface area contributed by atoms with Crippen LogP contribution in [0.2, 0.25) is 0 Å². The highest BCUT2D eigenvalue weighted by Crippen LogP contribution is 2.30. The molecule has 1 saturated carbocycles. The number of rotatable bonds is 6. The van der Waals surface area contributed by atoms with Crippen LogP contribution in [0.3, 0.4) is 0 Å². The van der Waals surface area contributed by atoms with E-state index in [9.17, 15) is 4.39 Å². The molecule has 0 spiro atoms. The SMILES string of the molecule is CC(OCCC1CCCCC1)C(C)(C)c1ccc(F)cc1. The van der Waals surface area contributed by atoms with Crippen molar-refractivity contribution in [3.63, 3.8) is 0 Å². The summed E-state index contributed by atoms with van der Waals surface area (Å²) in [5, 5.41) is 0. The quantitative estimate of drug-likeness (QED) is 0.674. The van der Waals surface area contributed by atoms with E-state index in [1.165, 1.54) is 50.7 Å². The zero-order chi connectivity index (χ0) is 15.3. The van der Waals surface area contributed by atoms with Crippen molar-refractivity contribution in [1.82, 2.24) is 0 Å². The van der Waals surface area contributed by atoms with Crippen LogP contribution in [0.25, 0.3) is 0 Å². The standard InChI is InChI=1S/C19H29FO/c1-15(21-14-13-16-7-5-4-6-8-16)19(2,3)17-9-11-18(20)12-10-17/h9-12,15-16H,4-8,13-14H2,1-3H3. The van der Waals surface area contributed by atoms with E-state index in [1.807, 2.05) is 12.1 Å². The van der Waals surface area contributed by atoms with Crippen molar-refractivity contribution in [2.45, 2.75) is 70.8 Å². The number of benzene rings is 1. The number of hydrogen-bond acceptors (Lipinski definition) is 1. The van der Waals surface area contributed by atoms with Gasteiger partial charge in [-0.1, -0.05) is 58.1 Å². The van der Waals surface area contributed by atoms with E-state index in [-0.39, 0.29) is 17.3 Å². The molecule has 118 valence electrons. The van der Waals surface area contributed by atoms with Gasteiger partial charge in [0.25, 0.3) is 0 Å². The Morgan fingerprint density at radius 2 is 1.76 bits per heavy atom. The van der Waals surface area contributed by atoms with E-state index in [4.69, 9.17) is 4.74 Å². The summed E-state index contributed by atoms with van der Waals surface area (Å²) in [6, 6.07) is 6.81. The van der Waals surface area contributed by atoms with Crippen molar-refractivity contribution in [3.8, 4) is 0 Å². The van der Waals surface area contributed by atoms with Crippen LogP contribution < -0.4 is 0 Å². The molecule has 0 saturated heterocycles. The lowest BCUT2D eigenvalue weighted by molar-refractivity contribution is 0.0109. The first-order valence-electron chi connectivity index (χ1n) is 8.38. The Kier molecular flexibility index (Phi) is 5.80. The highest BCUT2D eigenvalue weighted by molar-refractivity contribution is 5.25. The molecule has 1 aliphatic rings. The van der Waals surface area contributed by atoms with Crippen molar-refractivity contribution in [1.29, 1.82) is 0 Å². The molecule has 0 radical (unpaired) electrons. The molecule has 2 heteroatoms. The molecule has 1 unspecified atom stereocenters. The zero-order valence-electron chi connectivity index (χ0n) is 13.7. The Hall–Kier alpha value is -0.890. The smallest absolute Gasteiger partial charge is 0.123 e. The summed E-state index contributed by atoms with van der Waals surface area (Å²) >= 11 is 0. The minimum absolute atomic E-state index is 0.0970. The molecule has 1 atom stereocenters. The number of hydrogen-bond donors (Lipinski definition) is 0. The van der Waals surface area contributed by atoms with E-state index in [1.54, 1.807) is 0 Å². The second kappa shape index (κ2) is 7.40. The van der Waals surface area contributed by atoms with Gasteiger partial charge in [0.1, 0.15) is 5.82 Å². The van der Waals surface area contributed by atoms with Crippen molar-refractivity contribution in [2.75, 3.05) is 6.61 Å². The number of halogens is 1. The molecule has 1 aliphatic carbocycles. The van der Waals surface area contributed by atoms with E-state index in [2.05, 4.69) is 20.8 Å². The molecular formula is C19H29FO. The zero-order valence-corrected chi connectivity index (χ0v) is 13.7. The van der Waals surface area contributed by atoms with Crippen molar-refractivity contribution >= 4 is 0 Å². The van der Waals surface area contributed by atoms with E-state index < -0.39 is 0 Å². The molecule has 1 aromatic rings. The van der Waals surface area contributed by atoms with Gasteiger partial charge >= 0.3 is 0 Å². The summed E-state index contributed by atoms with van der Waals surface area (Å²) in [5.41, 5.74) is 1.04. The van der Waals surface area contributed by atoms with Gasteiger partial charge in [-0.3, -0.25) is 0 Å². The molecule has 0 N–H and O–H groups in total. The monoisotopic (exact) mass is 292 g/mol. The van der Waals surface area contributed by atoms with Crippen molar-refractivity contribution < 1.29 is 9.13 Å². The van der Waals surface area contributed by atoms with Gasteiger partial charge in [-0.05, 0) is 37.0 Å². The van der Waals surface area contributed by atoms with Crippen LogP contribution in [0.15, 0.2) is 24.3 Å². The van der Waals surface area contributed by atoms with Gasteiger partial charge in [-0.2, -0.15) is 0 Å². The fourth-order valence-corrected chi connectivity index (χ4v) is 3.21. The van der Waals surface area contributed by atoms with E-state index in [0.29, 0.717) is 0 Å². The summed E-state index contributed by atoms with van der Waals surface area (Å²) in [6.45, 7) is 7.32. The fraction of sp³-hybridized carbons (Fsp3) is 0.684. The summed E-state index contributed by atoms with van der Waals surface area (Å²) < 4.78 is 19.2. The molecule has 0 amide bonds. The van der Waals surface area contributed by atoms with Gasteiger partial charge in [0.2, 0.25) is 0 Å². The van der Waals surface area contributed by atoms with Gasteiger partial charge < -0.3 is 4.74 Å². The second-order valence-corrected chi connectivity index (χ2v) is 7.03. The van der Waals surface area contributed by atoms with Gasteiger partial charge in [-0.25, -0.2) is 4.39 Å². The van der Waals surface area contributed by atoms with Gasteiger partial charge in [0.05, 0.1) is 6.10 Å². The summed E-state index contributed by atoms with van der Waals surface area (Å²) in [7, 11) is 0. The van der Waals surface area contributed by atoms with Gasteiger partial charge in [0.15, 0.2) is 0 Å². The van der Waals surface area contributed by atoms with E-state index >= 15 is 0 Å². The molecule has 1 nitrogen and oxygen atoms in total. The Morgan fingerprint density at radius 1 is 1.14 bits per heavy atom. The highest BCUT2D eigenvalue weighted by atomic mass is 19.1. The average molecular weight is 292 g/mol. The molecule has 0 aliphatic heterocycles. The topological polar surface area (TPSA) is 9.23 Å². The Labute approximate surface area is 128 Å². The van der Waals surface area contributed by atoms with Gasteiger partial charge in [-0.15, -0.1) is 0 Å². The summed E-state index contributed by atoms with van der Waals surface area (Å²) in [6.07, 6.45) is 8.25. The third kappa shape index (κ3) is 4.54. The third-order valence-corrected chi connectivity index (χ3v) is 5.22. The molecule has 21 heavy (non-hydrogen) atoms. The molecule has 1 aromatic carbocycles. The lowest BCUT2D eigenvalue weighted by atomic mass is 9.80. The first-order valence-corrected chi connectivity index (χ1v) is 8.38. The van der Waals surface area contributed by atoms with Crippen LogP contribution in [0.1, 0.15) is 64.9 Å². The Balaban J connectivity index is 1.83. The Morgan fingerprint density at radius 3 is 2.38 bits per heavy atom. The van der Waals surface area contributed by atoms with Crippen LogP contribution in [-0.2, 0) is 10.2 Å². The maximum atomic E-state index is 13.1. The molecule has 1 fully saturated rings. The Bertz CT molecular complexity index is 418. The second-order valence-electron chi connectivity index (χ2n) is 7.03. The van der Waals surface area contributed by atoms with E-state index in [0.717, 1.165) is 18.1 Å². The maximum absolute atomic E-state index is 13.1. The third-order valence-electron chi connectivity index (χ3n) is 5.22. The van der Waals surface area contributed by atoms with Crippen LogP contribution in [0.5, 0.6) is 0 Å². The average Bonchev–Trinajstić information content (AvgIpc) is 2.48. The largest absolute Gasteiger partial charge is 0.378 e. The first-order chi connectivity index (χ1) is 10.00. The van der Waals surface area contributed by atoms with Crippen molar-refractivity contribution in [2.24, 2.45) is 5.92 Å². The molecule has 0 heterocycles. The van der Waals surface area contributed by atoms with Crippen LogP contribution >= 0.6 is 0 Å². The normalized spacial score (nSPS) is 18.7. The predicted octanol–water partition coefficient (Wildman–Crippen LogP) is 5.48. The lowest BCUT2D eigenvalue weighted by Gasteiger charge is -2.33. The van der Waals surface area contributed by atoms with Crippen molar-refractivity contribution in [3.05, 3.63) is 35.6 Å². The summed E-state index contributed by atoms with van der Waals surface area (Å²) in [5.74, 6) is 0.681. The van der Waals surface area contributed by atoms with Gasteiger partial charge in [0, 0.05) is 12.0 Å². The highest BCUT2D eigenvalue weighted by Gasteiger charge is 2.29. The molecular weight excluding hydrogens is 263 g/mol. The molecule has 0 bridgehead atoms. The molecule has 2 rings (SSSR count).